The first-order valence-corrected chi connectivity index (χ1v) is 8.21. The Morgan fingerprint density at radius 2 is 2.17 bits per heavy atom. The van der Waals surface area contributed by atoms with Crippen molar-refractivity contribution in [2.75, 3.05) is 44.2 Å². The van der Waals surface area contributed by atoms with Gasteiger partial charge in [0, 0.05) is 46.4 Å². The van der Waals surface area contributed by atoms with Crippen molar-refractivity contribution in [1.29, 1.82) is 0 Å². The summed E-state index contributed by atoms with van der Waals surface area (Å²) >= 11 is 0. The Balaban J connectivity index is 1.45. The Morgan fingerprint density at radius 3 is 2.91 bits per heavy atom. The normalized spacial score (nSPS) is 23.0. The molecule has 1 N–H and O–H groups in total. The van der Waals surface area contributed by atoms with Crippen molar-refractivity contribution in [3.63, 3.8) is 0 Å². The van der Waals surface area contributed by atoms with Gasteiger partial charge in [-0.1, -0.05) is 0 Å². The molecule has 0 spiro atoms. The quantitative estimate of drug-likeness (QED) is 0.855. The van der Waals surface area contributed by atoms with E-state index in [1.807, 2.05) is 0 Å². The fraction of sp³-hybridized carbons (Fsp3) is 0.667. The molecule has 2 aromatic heterocycles. The van der Waals surface area contributed by atoms with Gasteiger partial charge >= 0.3 is 0 Å². The van der Waals surface area contributed by atoms with Crippen LogP contribution in [0.1, 0.15) is 12.8 Å². The van der Waals surface area contributed by atoms with Crippen LogP contribution in [0.25, 0.3) is 11.0 Å². The van der Waals surface area contributed by atoms with E-state index in [0.717, 1.165) is 39.3 Å². The number of nitrogens with one attached hydrogen (secondary N) is 1. The average molecular weight is 318 g/mol. The van der Waals surface area contributed by atoms with Crippen molar-refractivity contribution in [3.05, 3.63) is 16.6 Å². The van der Waals surface area contributed by atoms with Gasteiger partial charge in [-0.2, -0.15) is 10.1 Å². The second kappa shape index (κ2) is 5.93. The number of ether oxygens (including phenoxy) is 1. The van der Waals surface area contributed by atoms with Crippen molar-refractivity contribution < 1.29 is 4.74 Å². The van der Waals surface area contributed by atoms with Crippen molar-refractivity contribution in [2.24, 2.45) is 7.05 Å². The molecule has 0 saturated carbocycles. The van der Waals surface area contributed by atoms with Gasteiger partial charge in [0.15, 0.2) is 5.65 Å². The zero-order valence-electron chi connectivity index (χ0n) is 13.4. The van der Waals surface area contributed by atoms with Crippen LogP contribution >= 0.6 is 0 Å². The maximum atomic E-state index is 12.1. The zero-order valence-corrected chi connectivity index (χ0v) is 13.4. The number of hydrogen-bond acceptors (Lipinski definition) is 6. The number of aromatic nitrogens is 4. The van der Waals surface area contributed by atoms with Crippen LogP contribution in [0.5, 0.6) is 0 Å². The third-order valence-corrected chi connectivity index (χ3v) is 4.75. The minimum absolute atomic E-state index is 0.125. The van der Waals surface area contributed by atoms with Crippen molar-refractivity contribution in [1.82, 2.24) is 24.6 Å². The van der Waals surface area contributed by atoms with E-state index in [4.69, 9.17) is 4.74 Å². The van der Waals surface area contributed by atoms with E-state index in [-0.39, 0.29) is 5.56 Å². The molecule has 124 valence electrons. The van der Waals surface area contributed by atoms with Crippen LogP contribution in [0.3, 0.4) is 0 Å². The van der Waals surface area contributed by atoms with Crippen LogP contribution in [0.2, 0.25) is 0 Å². The summed E-state index contributed by atoms with van der Waals surface area (Å²) in [5.41, 5.74) is 0.505. The fourth-order valence-electron chi connectivity index (χ4n) is 3.39. The lowest BCUT2D eigenvalue weighted by Crippen LogP contribution is -2.49. The second-order valence-corrected chi connectivity index (χ2v) is 6.32. The standard InChI is InChI=1S/C15H22N6O2/c1-19-13-12(9-16-19)14(22)18-15(17-13)21-6-4-20(5-7-21)10-11-3-2-8-23-11/h9,11H,2-8,10H2,1H3,(H,17,18,22)/t11-/m0/s1. The molecule has 2 aromatic rings. The number of aryl methyl sites for hydroxylation is 1. The first kappa shape index (κ1) is 14.6. The van der Waals surface area contributed by atoms with Crippen molar-refractivity contribution >= 4 is 17.0 Å². The molecule has 2 aliphatic heterocycles. The maximum absolute atomic E-state index is 12.1. The second-order valence-electron chi connectivity index (χ2n) is 6.32. The van der Waals surface area contributed by atoms with Crippen molar-refractivity contribution in [3.8, 4) is 0 Å². The molecule has 8 nitrogen and oxygen atoms in total. The number of hydrogen-bond donors (Lipinski definition) is 1. The van der Waals surface area contributed by atoms with E-state index in [9.17, 15) is 4.79 Å². The molecule has 0 bridgehead atoms. The molecule has 2 fully saturated rings. The summed E-state index contributed by atoms with van der Waals surface area (Å²) in [5.74, 6) is 0.642. The highest BCUT2D eigenvalue weighted by Crippen LogP contribution is 2.16. The van der Waals surface area contributed by atoms with E-state index < -0.39 is 0 Å². The summed E-state index contributed by atoms with van der Waals surface area (Å²) in [6.07, 6.45) is 4.31. The number of nitrogens with zero attached hydrogens (tertiary/aromatic N) is 5. The molecule has 0 aliphatic carbocycles. The number of anilines is 1. The molecule has 4 heterocycles. The average Bonchev–Trinajstić information content (AvgIpc) is 3.19. The molecule has 1 atom stereocenters. The molecular weight excluding hydrogens is 296 g/mol. The summed E-state index contributed by atoms with van der Waals surface area (Å²) in [4.78, 5) is 24.2. The molecule has 0 radical (unpaired) electrons. The summed E-state index contributed by atoms with van der Waals surface area (Å²) in [7, 11) is 1.80. The summed E-state index contributed by atoms with van der Waals surface area (Å²) in [6, 6.07) is 0. The van der Waals surface area contributed by atoms with E-state index in [1.165, 1.54) is 12.8 Å². The van der Waals surface area contributed by atoms with Gasteiger partial charge in [-0.15, -0.1) is 0 Å². The zero-order chi connectivity index (χ0) is 15.8. The highest BCUT2D eigenvalue weighted by atomic mass is 16.5. The van der Waals surface area contributed by atoms with Crippen LogP contribution in [0.15, 0.2) is 11.0 Å². The van der Waals surface area contributed by atoms with Gasteiger partial charge in [0.05, 0.1) is 12.3 Å². The number of rotatable bonds is 3. The van der Waals surface area contributed by atoms with Gasteiger partial charge in [0.2, 0.25) is 5.95 Å². The van der Waals surface area contributed by atoms with Crippen molar-refractivity contribution in [2.45, 2.75) is 18.9 Å². The summed E-state index contributed by atoms with van der Waals surface area (Å²) in [5, 5.41) is 4.64. The smallest absolute Gasteiger partial charge is 0.263 e. The van der Waals surface area contributed by atoms with Gasteiger partial charge in [0.25, 0.3) is 5.56 Å². The van der Waals surface area contributed by atoms with Crippen LogP contribution in [0, 0.1) is 0 Å². The number of H-pyrrole nitrogens is 1. The predicted octanol–water partition coefficient (Wildman–Crippen LogP) is -0.0424. The Morgan fingerprint density at radius 1 is 1.35 bits per heavy atom. The highest BCUT2D eigenvalue weighted by Gasteiger charge is 2.24. The summed E-state index contributed by atoms with van der Waals surface area (Å²) < 4.78 is 7.35. The third kappa shape index (κ3) is 2.84. The maximum Gasteiger partial charge on any atom is 0.263 e. The SMILES string of the molecule is Cn1ncc2c(=O)[nH]c(N3CCN(C[C@@H]4CCCO4)CC3)nc21. The Kier molecular flexibility index (Phi) is 3.78. The minimum atomic E-state index is -0.125. The van der Waals surface area contributed by atoms with Crippen LogP contribution in [-0.4, -0.2) is 70.1 Å². The first-order chi connectivity index (χ1) is 11.2. The van der Waals surface area contributed by atoms with Crippen LogP contribution < -0.4 is 10.5 Å². The molecule has 0 aromatic carbocycles. The Bertz CT molecular complexity index is 740. The molecule has 0 unspecified atom stereocenters. The summed E-state index contributed by atoms with van der Waals surface area (Å²) in [6.45, 7) is 5.57. The van der Waals surface area contributed by atoms with Gasteiger partial charge in [-0.25, -0.2) is 0 Å². The molecule has 8 heteroatoms. The minimum Gasteiger partial charge on any atom is -0.377 e. The molecule has 2 aliphatic rings. The Labute approximate surface area is 134 Å². The van der Waals surface area contributed by atoms with E-state index in [1.54, 1.807) is 17.9 Å². The molecule has 0 amide bonds. The van der Waals surface area contributed by atoms with E-state index >= 15 is 0 Å². The lowest BCUT2D eigenvalue weighted by molar-refractivity contribution is 0.0712. The predicted molar refractivity (Wildman–Crippen MR) is 86.8 cm³/mol. The van der Waals surface area contributed by atoms with Gasteiger partial charge in [-0.05, 0) is 12.8 Å². The van der Waals surface area contributed by atoms with Gasteiger partial charge in [-0.3, -0.25) is 19.4 Å². The third-order valence-electron chi connectivity index (χ3n) is 4.75. The van der Waals surface area contributed by atoms with Crippen LogP contribution in [-0.2, 0) is 11.8 Å². The topological polar surface area (TPSA) is 79.3 Å². The number of aromatic amines is 1. The lowest BCUT2D eigenvalue weighted by atomic mass is 10.2. The van der Waals surface area contributed by atoms with E-state index in [0.29, 0.717) is 23.1 Å². The number of fused-ring (bicyclic) bond motifs is 1. The highest BCUT2D eigenvalue weighted by molar-refractivity contribution is 5.74. The molecule has 4 rings (SSSR count). The molecular formula is C15H22N6O2. The molecule has 23 heavy (non-hydrogen) atoms. The van der Waals surface area contributed by atoms with E-state index in [2.05, 4.69) is 24.9 Å². The molecule has 2 saturated heterocycles. The fourth-order valence-corrected chi connectivity index (χ4v) is 3.39. The monoisotopic (exact) mass is 318 g/mol. The van der Waals surface area contributed by atoms with Gasteiger partial charge < -0.3 is 9.64 Å². The largest absolute Gasteiger partial charge is 0.377 e. The first-order valence-electron chi connectivity index (χ1n) is 8.21. The van der Waals surface area contributed by atoms with Crippen LogP contribution in [0.4, 0.5) is 5.95 Å². The lowest BCUT2D eigenvalue weighted by Gasteiger charge is -2.35. The van der Waals surface area contributed by atoms with Gasteiger partial charge in [0.1, 0.15) is 5.39 Å². The Hall–Kier alpha value is -1.93. The number of piperazine rings is 1.